The van der Waals surface area contributed by atoms with Crippen LogP contribution in [0.25, 0.3) is 0 Å². The van der Waals surface area contributed by atoms with Gasteiger partial charge in [0.05, 0.1) is 6.04 Å². The lowest BCUT2D eigenvalue weighted by Gasteiger charge is -2.26. The fourth-order valence-electron chi connectivity index (χ4n) is 1.97. The van der Waals surface area contributed by atoms with E-state index in [1.54, 1.807) is 18.3 Å². The van der Waals surface area contributed by atoms with Crippen molar-refractivity contribution >= 4 is 5.82 Å². The fourth-order valence-corrected chi connectivity index (χ4v) is 1.97. The van der Waals surface area contributed by atoms with E-state index in [1.165, 1.54) is 6.07 Å². The van der Waals surface area contributed by atoms with Crippen LogP contribution in [0.5, 0.6) is 0 Å². The first-order valence-corrected chi connectivity index (χ1v) is 6.25. The maximum atomic E-state index is 13.8. The minimum Gasteiger partial charge on any atom is -0.353 e. The highest BCUT2D eigenvalue weighted by Crippen LogP contribution is 2.25. The summed E-state index contributed by atoms with van der Waals surface area (Å²) in [6.45, 7) is 2.43. The van der Waals surface area contributed by atoms with Crippen molar-refractivity contribution in [2.45, 2.75) is 19.5 Å². The molecule has 0 aliphatic carbocycles. The molecule has 1 unspecified atom stereocenters. The van der Waals surface area contributed by atoms with E-state index in [9.17, 15) is 4.39 Å². The molecule has 1 atom stereocenters. The molecule has 1 aromatic heterocycles. The van der Waals surface area contributed by atoms with Crippen molar-refractivity contribution in [2.75, 3.05) is 11.9 Å². The summed E-state index contributed by atoms with van der Waals surface area (Å²) in [6, 6.07) is 10.6. The summed E-state index contributed by atoms with van der Waals surface area (Å²) in [4.78, 5) is 6.29. The summed E-state index contributed by atoms with van der Waals surface area (Å²) < 4.78 is 13.8. The molecule has 0 radical (unpaired) electrons. The topological polar surface area (TPSA) is 42.1 Å². The molecule has 2 aromatic rings. The molecule has 1 heterocycles. The van der Waals surface area contributed by atoms with Crippen LogP contribution >= 0.6 is 0 Å². The van der Waals surface area contributed by atoms with Gasteiger partial charge in [-0.2, -0.15) is 0 Å². The highest BCUT2D eigenvalue weighted by atomic mass is 19.1. The Balaban J connectivity index is 2.23. The molecular formula is C15H18FN3. The molecule has 2 N–H and O–H groups in total. The van der Waals surface area contributed by atoms with Crippen molar-refractivity contribution < 1.29 is 4.39 Å². The van der Waals surface area contributed by atoms with E-state index in [-0.39, 0.29) is 11.9 Å². The van der Waals surface area contributed by atoms with Gasteiger partial charge >= 0.3 is 0 Å². The molecule has 0 aliphatic rings. The smallest absolute Gasteiger partial charge is 0.128 e. The molecule has 1 aromatic carbocycles. The molecular weight excluding hydrogens is 241 g/mol. The van der Waals surface area contributed by atoms with Crippen LogP contribution in [0.15, 0.2) is 42.6 Å². The van der Waals surface area contributed by atoms with Gasteiger partial charge in [0.25, 0.3) is 0 Å². The predicted octanol–water partition coefficient (Wildman–Crippen LogP) is 2.88. The van der Waals surface area contributed by atoms with Crippen LogP contribution in [-0.4, -0.2) is 12.0 Å². The van der Waals surface area contributed by atoms with Gasteiger partial charge in [-0.3, -0.25) is 0 Å². The number of aromatic nitrogens is 1. The van der Waals surface area contributed by atoms with Crippen LogP contribution in [0.2, 0.25) is 0 Å². The molecule has 0 aliphatic heterocycles. The SMILES string of the molecule is CC(c1ccccc1F)N(C)c1ccc(CN)cn1. The summed E-state index contributed by atoms with van der Waals surface area (Å²) in [7, 11) is 1.90. The average molecular weight is 259 g/mol. The van der Waals surface area contributed by atoms with Gasteiger partial charge in [-0.05, 0) is 24.6 Å². The maximum absolute atomic E-state index is 13.8. The largest absolute Gasteiger partial charge is 0.353 e. The second kappa shape index (κ2) is 5.80. The first kappa shape index (κ1) is 13.5. The number of anilines is 1. The van der Waals surface area contributed by atoms with Gasteiger partial charge in [0.1, 0.15) is 11.6 Å². The molecule has 0 spiro atoms. The Morgan fingerprint density at radius 3 is 2.58 bits per heavy atom. The number of hydrogen-bond donors (Lipinski definition) is 1. The van der Waals surface area contributed by atoms with Gasteiger partial charge in [-0.1, -0.05) is 24.3 Å². The van der Waals surface area contributed by atoms with Gasteiger partial charge in [0.15, 0.2) is 0 Å². The third-order valence-electron chi connectivity index (χ3n) is 3.34. The minimum absolute atomic E-state index is 0.0857. The summed E-state index contributed by atoms with van der Waals surface area (Å²) in [5.41, 5.74) is 7.19. The normalized spacial score (nSPS) is 12.2. The van der Waals surface area contributed by atoms with Crippen molar-refractivity contribution in [3.8, 4) is 0 Å². The average Bonchev–Trinajstić information content (AvgIpc) is 2.46. The molecule has 100 valence electrons. The number of hydrogen-bond acceptors (Lipinski definition) is 3. The lowest BCUT2D eigenvalue weighted by atomic mass is 10.1. The lowest BCUT2D eigenvalue weighted by Crippen LogP contribution is -2.23. The zero-order valence-corrected chi connectivity index (χ0v) is 11.2. The quantitative estimate of drug-likeness (QED) is 0.918. The highest BCUT2D eigenvalue weighted by Gasteiger charge is 2.16. The molecule has 3 nitrogen and oxygen atoms in total. The minimum atomic E-state index is -0.194. The third-order valence-corrected chi connectivity index (χ3v) is 3.34. The van der Waals surface area contributed by atoms with E-state index < -0.39 is 0 Å². The number of rotatable bonds is 4. The lowest BCUT2D eigenvalue weighted by molar-refractivity contribution is 0.584. The Morgan fingerprint density at radius 2 is 2.00 bits per heavy atom. The number of nitrogens with two attached hydrogens (primary N) is 1. The highest BCUT2D eigenvalue weighted by molar-refractivity contribution is 5.42. The van der Waals surface area contributed by atoms with Gasteiger partial charge < -0.3 is 10.6 Å². The van der Waals surface area contributed by atoms with Crippen molar-refractivity contribution in [3.05, 3.63) is 59.5 Å². The Kier molecular flexibility index (Phi) is 4.12. The summed E-state index contributed by atoms with van der Waals surface area (Å²) >= 11 is 0. The Labute approximate surface area is 112 Å². The van der Waals surface area contributed by atoms with Crippen LogP contribution in [0.1, 0.15) is 24.1 Å². The van der Waals surface area contributed by atoms with Crippen LogP contribution in [0, 0.1) is 5.82 Å². The predicted molar refractivity (Wildman–Crippen MR) is 75.3 cm³/mol. The molecule has 0 bridgehead atoms. The Hall–Kier alpha value is -1.94. The second-order valence-corrected chi connectivity index (χ2v) is 4.54. The zero-order chi connectivity index (χ0) is 13.8. The second-order valence-electron chi connectivity index (χ2n) is 4.54. The number of nitrogens with zero attached hydrogens (tertiary/aromatic N) is 2. The fraction of sp³-hybridized carbons (Fsp3) is 0.267. The first-order valence-electron chi connectivity index (χ1n) is 6.25. The van der Waals surface area contributed by atoms with E-state index in [4.69, 9.17) is 5.73 Å². The first-order chi connectivity index (χ1) is 9.13. The third kappa shape index (κ3) is 2.90. The van der Waals surface area contributed by atoms with E-state index in [0.717, 1.165) is 11.4 Å². The van der Waals surface area contributed by atoms with Gasteiger partial charge in [0.2, 0.25) is 0 Å². The van der Waals surface area contributed by atoms with Crippen molar-refractivity contribution in [1.82, 2.24) is 4.98 Å². The summed E-state index contributed by atoms with van der Waals surface area (Å²) in [5, 5.41) is 0. The van der Waals surface area contributed by atoms with Crippen molar-refractivity contribution in [1.29, 1.82) is 0 Å². The molecule has 2 rings (SSSR count). The van der Waals surface area contributed by atoms with E-state index in [2.05, 4.69) is 4.98 Å². The van der Waals surface area contributed by atoms with Crippen LogP contribution < -0.4 is 10.6 Å². The summed E-state index contributed by atoms with van der Waals surface area (Å²) in [6.07, 6.45) is 1.75. The number of benzene rings is 1. The van der Waals surface area contributed by atoms with Gasteiger partial charge in [0, 0.05) is 25.4 Å². The molecule has 0 fully saturated rings. The Bertz CT molecular complexity index is 539. The van der Waals surface area contributed by atoms with Crippen LogP contribution in [0.3, 0.4) is 0 Å². The molecule has 0 amide bonds. The molecule has 0 saturated carbocycles. The van der Waals surface area contributed by atoms with E-state index in [0.29, 0.717) is 12.1 Å². The maximum Gasteiger partial charge on any atom is 0.128 e. The summed E-state index contributed by atoms with van der Waals surface area (Å²) in [5.74, 6) is 0.605. The van der Waals surface area contributed by atoms with Gasteiger partial charge in [-0.15, -0.1) is 0 Å². The monoisotopic (exact) mass is 259 g/mol. The van der Waals surface area contributed by atoms with Gasteiger partial charge in [-0.25, -0.2) is 9.37 Å². The van der Waals surface area contributed by atoms with E-state index in [1.807, 2.05) is 37.1 Å². The molecule has 4 heteroatoms. The van der Waals surface area contributed by atoms with Crippen molar-refractivity contribution in [3.63, 3.8) is 0 Å². The molecule has 19 heavy (non-hydrogen) atoms. The van der Waals surface area contributed by atoms with Crippen LogP contribution in [-0.2, 0) is 6.54 Å². The van der Waals surface area contributed by atoms with Crippen LogP contribution in [0.4, 0.5) is 10.2 Å². The number of pyridine rings is 1. The van der Waals surface area contributed by atoms with E-state index >= 15 is 0 Å². The van der Waals surface area contributed by atoms with Crippen molar-refractivity contribution in [2.24, 2.45) is 5.73 Å². The zero-order valence-electron chi connectivity index (χ0n) is 11.2. The molecule has 0 saturated heterocycles. The Morgan fingerprint density at radius 1 is 1.26 bits per heavy atom. The number of halogens is 1. The standard InChI is InChI=1S/C15H18FN3/c1-11(13-5-3-4-6-14(13)16)19(2)15-8-7-12(9-17)10-18-15/h3-8,10-11H,9,17H2,1-2H3.